The predicted octanol–water partition coefficient (Wildman–Crippen LogP) is 2.24. The fourth-order valence-corrected chi connectivity index (χ4v) is 2.73. The number of methoxy groups -OCH3 is 1. The molecule has 0 saturated carbocycles. The number of rotatable bonds is 5. The normalized spacial score (nSPS) is 20.4. The Hall–Kier alpha value is -1.39. The number of ether oxygens (including phenoxy) is 1. The highest BCUT2D eigenvalue weighted by Gasteiger charge is 2.19. The first-order chi connectivity index (χ1) is 9.19. The minimum atomic E-state index is -0.863. The number of hydrogen-bond acceptors (Lipinski definition) is 3. The van der Waals surface area contributed by atoms with Crippen LogP contribution in [0.15, 0.2) is 24.3 Å². The SMILES string of the molecule is COC[C@@H]1CCCN(Cc2cccc(C(=O)O)c2)C1. The van der Waals surface area contributed by atoms with Gasteiger partial charge in [-0.15, -0.1) is 0 Å². The molecule has 104 valence electrons. The van der Waals surface area contributed by atoms with Gasteiger partial charge < -0.3 is 9.84 Å². The summed E-state index contributed by atoms with van der Waals surface area (Å²) in [7, 11) is 1.75. The van der Waals surface area contributed by atoms with E-state index in [1.165, 1.54) is 12.8 Å². The molecular weight excluding hydrogens is 242 g/mol. The average molecular weight is 263 g/mol. The Morgan fingerprint density at radius 3 is 3.11 bits per heavy atom. The molecule has 0 radical (unpaired) electrons. The number of benzene rings is 1. The second kappa shape index (κ2) is 6.68. The van der Waals surface area contributed by atoms with E-state index in [9.17, 15) is 4.79 Å². The molecule has 1 heterocycles. The molecule has 19 heavy (non-hydrogen) atoms. The van der Waals surface area contributed by atoms with Crippen molar-refractivity contribution in [1.29, 1.82) is 0 Å². The minimum absolute atomic E-state index is 0.364. The maximum atomic E-state index is 11.0. The van der Waals surface area contributed by atoms with Crippen LogP contribution in [0.4, 0.5) is 0 Å². The molecule has 1 aromatic carbocycles. The quantitative estimate of drug-likeness (QED) is 0.885. The van der Waals surface area contributed by atoms with Crippen LogP contribution in [-0.2, 0) is 11.3 Å². The van der Waals surface area contributed by atoms with E-state index in [0.717, 1.165) is 31.8 Å². The van der Waals surface area contributed by atoms with Gasteiger partial charge in [0.25, 0.3) is 0 Å². The van der Waals surface area contributed by atoms with E-state index < -0.39 is 5.97 Å². The Balaban J connectivity index is 1.96. The number of nitrogens with zero attached hydrogens (tertiary/aromatic N) is 1. The van der Waals surface area contributed by atoms with Gasteiger partial charge in [-0.1, -0.05) is 12.1 Å². The molecule has 4 nitrogen and oxygen atoms in total. The summed E-state index contributed by atoms with van der Waals surface area (Å²) in [6.07, 6.45) is 2.41. The Kier molecular flexibility index (Phi) is 4.93. The van der Waals surface area contributed by atoms with Crippen LogP contribution in [-0.4, -0.2) is 42.8 Å². The third-order valence-electron chi connectivity index (χ3n) is 3.59. The van der Waals surface area contributed by atoms with Gasteiger partial charge in [0, 0.05) is 20.2 Å². The molecular formula is C15H21NO3. The zero-order valence-corrected chi connectivity index (χ0v) is 11.3. The third kappa shape index (κ3) is 4.04. The average Bonchev–Trinajstić information content (AvgIpc) is 2.40. The van der Waals surface area contributed by atoms with Crippen molar-refractivity contribution < 1.29 is 14.6 Å². The van der Waals surface area contributed by atoms with Crippen LogP contribution in [0.1, 0.15) is 28.8 Å². The van der Waals surface area contributed by atoms with Gasteiger partial charge in [0.1, 0.15) is 0 Å². The van der Waals surface area contributed by atoms with Crippen LogP contribution in [0.2, 0.25) is 0 Å². The van der Waals surface area contributed by atoms with Gasteiger partial charge in [-0.2, -0.15) is 0 Å². The van der Waals surface area contributed by atoms with Gasteiger partial charge >= 0.3 is 5.97 Å². The van der Waals surface area contributed by atoms with Crippen LogP contribution in [0.25, 0.3) is 0 Å². The van der Waals surface area contributed by atoms with E-state index in [0.29, 0.717) is 11.5 Å². The summed E-state index contributed by atoms with van der Waals surface area (Å²) < 4.78 is 5.23. The molecule has 1 atom stereocenters. The van der Waals surface area contributed by atoms with Crippen molar-refractivity contribution in [2.75, 3.05) is 26.8 Å². The molecule has 1 aliphatic rings. The van der Waals surface area contributed by atoms with E-state index in [1.807, 2.05) is 12.1 Å². The molecule has 0 amide bonds. The molecule has 1 fully saturated rings. The maximum absolute atomic E-state index is 11.0. The smallest absolute Gasteiger partial charge is 0.335 e. The lowest BCUT2D eigenvalue weighted by molar-refractivity contribution is 0.0696. The molecule has 1 N–H and O–H groups in total. The molecule has 1 aliphatic heterocycles. The number of carbonyl (C=O) groups is 1. The third-order valence-corrected chi connectivity index (χ3v) is 3.59. The molecule has 0 spiro atoms. The summed E-state index contributed by atoms with van der Waals surface area (Å²) in [4.78, 5) is 13.3. The fourth-order valence-electron chi connectivity index (χ4n) is 2.73. The zero-order valence-electron chi connectivity index (χ0n) is 11.3. The second-order valence-electron chi connectivity index (χ2n) is 5.20. The predicted molar refractivity (Wildman–Crippen MR) is 73.3 cm³/mol. The summed E-state index contributed by atoms with van der Waals surface area (Å²) in [6, 6.07) is 7.21. The Morgan fingerprint density at radius 1 is 1.53 bits per heavy atom. The van der Waals surface area contributed by atoms with Crippen molar-refractivity contribution in [3.8, 4) is 0 Å². The lowest BCUT2D eigenvalue weighted by Gasteiger charge is -2.32. The number of aromatic carboxylic acids is 1. The number of likely N-dealkylation sites (tertiary alicyclic amines) is 1. The number of piperidine rings is 1. The number of carboxylic acid groups (broad SMARTS) is 1. The highest BCUT2D eigenvalue weighted by atomic mass is 16.5. The van der Waals surface area contributed by atoms with Crippen LogP contribution in [0.5, 0.6) is 0 Å². The van der Waals surface area contributed by atoms with Crippen LogP contribution < -0.4 is 0 Å². The van der Waals surface area contributed by atoms with Crippen molar-refractivity contribution in [1.82, 2.24) is 4.90 Å². The van der Waals surface area contributed by atoms with E-state index >= 15 is 0 Å². The minimum Gasteiger partial charge on any atom is -0.478 e. The summed E-state index contributed by atoms with van der Waals surface area (Å²) in [5.74, 6) is -0.265. The molecule has 1 saturated heterocycles. The monoisotopic (exact) mass is 263 g/mol. The van der Waals surface area contributed by atoms with Crippen molar-refractivity contribution in [2.45, 2.75) is 19.4 Å². The molecule has 0 bridgehead atoms. The number of carboxylic acids is 1. The Bertz CT molecular complexity index is 431. The summed E-state index contributed by atoms with van der Waals surface area (Å²) >= 11 is 0. The van der Waals surface area contributed by atoms with Crippen LogP contribution >= 0.6 is 0 Å². The van der Waals surface area contributed by atoms with Crippen molar-refractivity contribution in [3.63, 3.8) is 0 Å². The van der Waals surface area contributed by atoms with Crippen molar-refractivity contribution in [3.05, 3.63) is 35.4 Å². The van der Waals surface area contributed by atoms with Crippen molar-refractivity contribution in [2.24, 2.45) is 5.92 Å². The first kappa shape index (κ1) is 14.0. The Morgan fingerprint density at radius 2 is 2.37 bits per heavy atom. The van der Waals surface area contributed by atoms with Crippen molar-refractivity contribution >= 4 is 5.97 Å². The molecule has 2 rings (SSSR count). The molecule has 0 unspecified atom stereocenters. The van der Waals surface area contributed by atoms with Gasteiger partial charge in [0.05, 0.1) is 12.2 Å². The molecule has 0 aliphatic carbocycles. The zero-order chi connectivity index (χ0) is 13.7. The van der Waals surface area contributed by atoms with E-state index in [4.69, 9.17) is 9.84 Å². The lowest BCUT2D eigenvalue weighted by Crippen LogP contribution is -2.36. The maximum Gasteiger partial charge on any atom is 0.335 e. The Labute approximate surface area is 114 Å². The van der Waals surface area contributed by atoms with Crippen LogP contribution in [0.3, 0.4) is 0 Å². The second-order valence-corrected chi connectivity index (χ2v) is 5.20. The summed E-state index contributed by atoms with van der Waals surface area (Å²) in [6.45, 7) is 3.75. The van der Waals surface area contributed by atoms with E-state index in [-0.39, 0.29) is 0 Å². The molecule has 4 heteroatoms. The topological polar surface area (TPSA) is 49.8 Å². The van der Waals surface area contributed by atoms with Gasteiger partial charge in [0.15, 0.2) is 0 Å². The first-order valence-corrected chi connectivity index (χ1v) is 6.72. The lowest BCUT2D eigenvalue weighted by atomic mass is 9.98. The van der Waals surface area contributed by atoms with Gasteiger partial charge in [-0.25, -0.2) is 4.79 Å². The van der Waals surface area contributed by atoms with Crippen LogP contribution in [0, 0.1) is 5.92 Å². The number of hydrogen-bond donors (Lipinski definition) is 1. The van der Waals surface area contributed by atoms with Gasteiger partial charge in [-0.3, -0.25) is 4.90 Å². The first-order valence-electron chi connectivity index (χ1n) is 6.72. The highest BCUT2D eigenvalue weighted by Crippen LogP contribution is 2.19. The van der Waals surface area contributed by atoms with E-state index in [2.05, 4.69) is 4.90 Å². The highest BCUT2D eigenvalue weighted by molar-refractivity contribution is 5.87. The standard InChI is InChI=1S/C15H21NO3/c1-19-11-13-5-3-7-16(10-13)9-12-4-2-6-14(8-12)15(17)18/h2,4,6,8,13H,3,5,7,9-11H2,1H3,(H,17,18)/t13-/m1/s1. The van der Waals surface area contributed by atoms with Gasteiger partial charge in [-0.05, 0) is 43.0 Å². The van der Waals surface area contributed by atoms with E-state index in [1.54, 1.807) is 19.2 Å². The summed E-state index contributed by atoms with van der Waals surface area (Å²) in [5.41, 5.74) is 1.43. The largest absolute Gasteiger partial charge is 0.478 e. The van der Waals surface area contributed by atoms with Gasteiger partial charge in [0.2, 0.25) is 0 Å². The fraction of sp³-hybridized carbons (Fsp3) is 0.533. The molecule has 1 aromatic rings. The molecule has 0 aromatic heterocycles. The summed E-state index contributed by atoms with van der Waals surface area (Å²) in [5, 5.41) is 9.00.